The smallest absolute Gasteiger partial charge is 0.0119 e. The van der Waals surface area contributed by atoms with Crippen molar-refractivity contribution in [2.75, 3.05) is 0 Å². The van der Waals surface area contributed by atoms with Crippen LogP contribution in [-0.4, -0.2) is 0 Å². The molecule has 25 heavy (non-hydrogen) atoms. The number of hydrogen-bond acceptors (Lipinski definition) is 0. The van der Waals surface area contributed by atoms with Gasteiger partial charge in [-0.2, -0.15) is 0 Å². The van der Waals surface area contributed by atoms with Crippen LogP contribution in [0.15, 0.2) is 60.7 Å². The van der Waals surface area contributed by atoms with Gasteiger partial charge in [0.25, 0.3) is 0 Å². The zero-order chi connectivity index (χ0) is 18.2. The lowest BCUT2D eigenvalue weighted by Crippen LogP contribution is -2.10. The molecule has 0 N–H and O–H groups in total. The van der Waals surface area contributed by atoms with Crippen molar-refractivity contribution in [1.29, 1.82) is 0 Å². The molecule has 0 heterocycles. The third-order valence-corrected chi connectivity index (χ3v) is 5.07. The summed E-state index contributed by atoms with van der Waals surface area (Å²) in [6.45, 7) is 13.5. The molecule has 0 atom stereocenters. The fourth-order valence-electron chi connectivity index (χ4n) is 3.82. The molecule has 0 saturated heterocycles. The van der Waals surface area contributed by atoms with Crippen molar-refractivity contribution in [2.24, 2.45) is 0 Å². The van der Waals surface area contributed by atoms with Gasteiger partial charge in [-0.15, -0.1) is 0 Å². The molecule has 3 aromatic rings. The van der Waals surface area contributed by atoms with E-state index in [2.05, 4.69) is 102 Å². The first kappa shape index (κ1) is 17.5. The van der Waals surface area contributed by atoms with Gasteiger partial charge in [-0.25, -0.2) is 0 Å². The topological polar surface area (TPSA) is 0 Å². The molecule has 0 aliphatic heterocycles. The summed E-state index contributed by atoms with van der Waals surface area (Å²) in [5.41, 5.74) is 10.9. The molecule has 0 amide bonds. The Morgan fingerprint density at radius 1 is 0.600 bits per heavy atom. The third kappa shape index (κ3) is 3.39. The van der Waals surface area contributed by atoms with E-state index in [1.807, 2.05) is 0 Å². The average molecular weight is 328 g/mol. The number of benzene rings is 3. The van der Waals surface area contributed by atoms with Gasteiger partial charge in [0.15, 0.2) is 0 Å². The third-order valence-electron chi connectivity index (χ3n) is 5.07. The zero-order valence-corrected chi connectivity index (χ0v) is 16.3. The maximum absolute atomic E-state index is 2.32. The van der Waals surface area contributed by atoms with Crippen molar-refractivity contribution < 1.29 is 0 Å². The van der Waals surface area contributed by atoms with Crippen LogP contribution in [0.25, 0.3) is 22.3 Å². The molecule has 0 spiro atoms. The molecule has 0 heteroatoms. The van der Waals surface area contributed by atoms with Crippen LogP contribution in [0.4, 0.5) is 0 Å². The summed E-state index contributed by atoms with van der Waals surface area (Å²) in [6.07, 6.45) is 0. The van der Waals surface area contributed by atoms with Crippen LogP contribution < -0.4 is 0 Å². The monoisotopic (exact) mass is 328 g/mol. The molecule has 0 fully saturated rings. The van der Waals surface area contributed by atoms with E-state index in [9.17, 15) is 0 Å². The van der Waals surface area contributed by atoms with Gasteiger partial charge in [-0.05, 0) is 70.7 Å². The molecule has 0 unspecified atom stereocenters. The first-order valence-electron chi connectivity index (χ1n) is 9.06. The van der Waals surface area contributed by atoms with Crippen molar-refractivity contribution in [3.63, 3.8) is 0 Å². The Balaban J connectivity index is 2.17. The quantitative estimate of drug-likeness (QED) is 0.465. The van der Waals surface area contributed by atoms with Crippen LogP contribution in [0.1, 0.15) is 43.0 Å². The molecule has 0 radical (unpaired) electrons. The summed E-state index contributed by atoms with van der Waals surface area (Å²) in [5.74, 6) is 0. The average Bonchev–Trinajstić information content (AvgIpc) is 2.55. The van der Waals surface area contributed by atoms with E-state index >= 15 is 0 Å². The minimum atomic E-state index is 0.186. The molecule has 0 saturated carbocycles. The van der Waals surface area contributed by atoms with Gasteiger partial charge in [-0.1, -0.05) is 81.4 Å². The Hall–Kier alpha value is -2.34. The second-order valence-corrected chi connectivity index (χ2v) is 8.08. The van der Waals surface area contributed by atoms with Gasteiger partial charge in [0.2, 0.25) is 0 Å². The first-order chi connectivity index (χ1) is 11.8. The van der Waals surface area contributed by atoms with Gasteiger partial charge >= 0.3 is 0 Å². The first-order valence-corrected chi connectivity index (χ1v) is 9.06. The lowest BCUT2D eigenvalue weighted by molar-refractivity contribution is 0.590. The summed E-state index contributed by atoms with van der Waals surface area (Å²) in [7, 11) is 0. The lowest BCUT2D eigenvalue weighted by atomic mass is 9.83. The Bertz CT molecular complexity index is 876. The highest BCUT2D eigenvalue weighted by Gasteiger charge is 2.16. The maximum Gasteiger partial charge on any atom is -0.0119 e. The van der Waals surface area contributed by atoms with Crippen LogP contribution in [-0.2, 0) is 5.41 Å². The summed E-state index contributed by atoms with van der Waals surface area (Å²) in [6, 6.07) is 22.1. The molecule has 0 nitrogen and oxygen atoms in total. The van der Waals surface area contributed by atoms with Crippen molar-refractivity contribution in [3.05, 3.63) is 82.9 Å². The molecule has 0 aliphatic carbocycles. The molecule has 128 valence electrons. The van der Waals surface area contributed by atoms with Gasteiger partial charge < -0.3 is 0 Å². The highest BCUT2D eigenvalue weighted by molar-refractivity contribution is 5.82. The van der Waals surface area contributed by atoms with Crippen molar-refractivity contribution >= 4 is 0 Å². The van der Waals surface area contributed by atoms with E-state index in [0.29, 0.717) is 0 Å². The van der Waals surface area contributed by atoms with E-state index in [0.717, 1.165) is 0 Å². The molecule has 0 aromatic heterocycles. The molecule has 0 bridgehead atoms. The van der Waals surface area contributed by atoms with E-state index in [-0.39, 0.29) is 5.41 Å². The van der Waals surface area contributed by atoms with Crippen LogP contribution in [0.5, 0.6) is 0 Å². The highest BCUT2D eigenvalue weighted by atomic mass is 14.2. The molecular weight excluding hydrogens is 300 g/mol. The molecular formula is C25H28. The summed E-state index contributed by atoms with van der Waals surface area (Å²) < 4.78 is 0. The number of rotatable bonds is 2. The van der Waals surface area contributed by atoms with Crippen LogP contribution >= 0.6 is 0 Å². The Kier molecular flexibility index (Phi) is 4.56. The minimum absolute atomic E-state index is 0.186. The highest BCUT2D eigenvalue weighted by Crippen LogP contribution is 2.37. The summed E-state index contributed by atoms with van der Waals surface area (Å²) in [5, 5.41) is 0. The lowest BCUT2D eigenvalue weighted by Gasteiger charge is -2.21. The van der Waals surface area contributed by atoms with Crippen LogP contribution in [0, 0.1) is 20.8 Å². The Morgan fingerprint density at radius 2 is 1.08 bits per heavy atom. The standard InChI is InChI=1S/C25H28/c1-17-16-18(2)24(19(3)23(17)20-10-8-7-9-11-20)21-12-14-22(15-13-21)25(4,5)6/h7-16H,1-6H3. The molecule has 3 rings (SSSR count). The van der Waals surface area contributed by atoms with E-state index in [1.54, 1.807) is 0 Å². The van der Waals surface area contributed by atoms with Gasteiger partial charge in [0.1, 0.15) is 0 Å². The Morgan fingerprint density at radius 3 is 1.56 bits per heavy atom. The second kappa shape index (κ2) is 6.52. The van der Waals surface area contributed by atoms with Crippen LogP contribution in [0.3, 0.4) is 0 Å². The summed E-state index contributed by atoms with van der Waals surface area (Å²) in [4.78, 5) is 0. The molecule has 3 aromatic carbocycles. The van der Waals surface area contributed by atoms with E-state index in [4.69, 9.17) is 0 Å². The predicted molar refractivity (Wildman–Crippen MR) is 110 cm³/mol. The maximum atomic E-state index is 2.32. The van der Waals surface area contributed by atoms with Crippen molar-refractivity contribution in [2.45, 2.75) is 47.0 Å². The van der Waals surface area contributed by atoms with Crippen LogP contribution in [0.2, 0.25) is 0 Å². The SMILES string of the molecule is Cc1cc(C)c(-c2ccc(C(C)(C)C)cc2)c(C)c1-c1ccccc1. The van der Waals surface area contributed by atoms with Gasteiger partial charge in [0.05, 0.1) is 0 Å². The largest absolute Gasteiger partial charge is 0.0622 e. The fraction of sp³-hybridized carbons (Fsp3) is 0.280. The summed E-state index contributed by atoms with van der Waals surface area (Å²) >= 11 is 0. The second-order valence-electron chi connectivity index (χ2n) is 8.08. The number of aryl methyl sites for hydroxylation is 2. The van der Waals surface area contributed by atoms with Gasteiger partial charge in [0, 0.05) is 0 Å². The van der Waals surface area contributed by atoms with E-state index in [1.165, 1.54) is 44.5 Å². The normalized spacial score (nSPS) is 11.6. The zero-order valence-electron chi connectivity index (χ0n) is 16.3. The van der Waals surface area contributed by atoms with Crippen molar-refractivity contribution in [1.82, 2.24) is 0 Å². The predicted octanol–water partition coefficient (Wildman–Crippen LogP) is 7.24. The minimum Gasteiger partial charge on any atom is -0.0622 e. The Labute approximate surface area is 152 Å². The van der Waals surface area contributed by atoms with Crippen molar-refractivity contribution in [3.8, 4) is 22.3 Å². The fourth-order valence-corrected chi connectivity index (χ4v) is 3.82. The molecule has 0 aliphatic rings. The van der Waals surface area contributed by atoms with E-state index < -0.39 is 0 Å². The number of hydrogen-bond donors (Lipinski definition) is 0. The van der Waals surface area contributed by atoms with Gasteiger partial charge in [-0.3, -0.25) is 0 Å².